The monoisotopic (exact) mass is 225 g/mol. The molecule has 94 valence electrons. The van der Waals surface area contributed by atoms with E-state index in [2.05, 4.69) is 29.1 Å². The van der Waals surface area contributed by atoms with E-state index in [1.165, 1.54) is 51.9 Å². The van der Waals surface area contributed by atoms with E-state index < -0.39 is 0 Å². The van der Waals surface area contributed by atoms with Crippen molar-refractivity contribution in [3.8, 4) is 0 Å². The first kappa shape index (κ1) is 12.3. The van der Waals surface area contributed by atoms with Gasteiger partial charge in [-0.05, 0) is 32.9 Å². The molecule has 3 nitrogen and oxygen atoms in total. The first-order chi connectivity index (χ1) is 7.79. The number of hydrogen-bond donors (Lipinski definition) is 1. The smallest absolute Gasteiger partial charge is 0.0113 e. The number of rotatable bonds is 3. The molecule has 2 rings (SSSR count). The summed E-state index contributed by atoms with van der Waals surface area (Å²) in [5.74, 6) is 0. The molecule has 0 aromatic heterocycles. The van der Waals surface area contributed by atoms with Gasteiger partial charge < -0.3 is 10.2 Å². The zero-order valence-electron chi connectivity index (χ0n) is 10.9. The molecule has 1 aliphatic heterocycles. The number of likely N-dealkylation sites (N-methyl/N-ethyl adjacent to an activating group) is 1. The molecule has 1 heterocycles. The molecule has 1 aliphatic carbocycles. The average molecular weight is 225 g/mol. The first-order valence-electron chi connectivity index (χ1n) is 6.95. The van der Waals surface area contributed by atoms with Gasteiger partial charge in [0.05, 0.1) is 0 Å². The summed E-state index contributed by atoms with van der Waals surface area (Å²) in [5, 5.41) is 3.63. The minimum Gasteiger partial charge on any atom is -0.314 e. The van der Waals surface area contributed by atoms with Crippen LogP contribution in [-0.2, 0) is 0 Å². The molecule has 1 saturated heterocycles. The lowest BCUT2D eigenvalue weighted by Gasteiger charge is -2.41. The molecule has 1 N–H and O–H groups in total. The Labute approximate surface area is 100 Å². The normalized spacial score (nSPS) is 34.1. The molecule has 0 radical (unpaired) electrons. The van der Waals surface area contributed by atoms with E-state index in [4.69, 9.17) is 0 Å². The Hall–Kier alpha value is -0.120. The zero-order valence-corrected chi connectivity index (χ0v) is 10.9. The van der Waals surface area contributed by atoms with Crippen LogP contribution < -0.4 is 5.32 Å². The Morgan fingerprint density at radius 3 is 2.56 bits per heavy atom. The van der Waals surface area contributed by atoms with Gasteiger partial charge in [-0.25, -0.2) is 0 Å². The second-order valence-electron chi connectivity index (χ2n) is 5.41. The Bertz CT molecular complexity index is 197. The third-order valence-electron chi connectivity index (χ3n) is 4.19. The lowest BCUT2D eigenvalue weighted by atomic mass is 9.89. The van der Waals surface area contributed by atoms with Gasteiger partial charge in [0, 0.05) is 38.3 Å². The fourth-order valence-corrected chi connectivity index (χ4v) is 3.16. The summed E-state index contributed by atoms with van der Waals surface area (Å²) in [6.07, 6.45) is 5.59. The molecular formula is C13H27N3. The molecule has 1 saturated carbocycles. The van der Waals surface area contributed by atoms with Gasteiger partial charge in [-0.15, -0.1) is 0 Å². The van der Waals surface area contributed by atoms with Gasteiger partial charge >= 0.3 is 0 Å². The van der Waals surface area contributed by atoms with Crippen molar-refractivity contribution < 1.29 is 0 Å². The van der Waals surface area contributed by atoms with Gasteiger partial charge in [0.15, 0.2) is 0 Å². The van der Waals surface area contributed by atoms with Crippen molar-refractivity contribution >= 4 is 0 Å². The van der Waals surface area contributed by atoms with Crippen molar-refractivity contribution in [3.05, 3.63) is 0 Å². The molecule has 2 aliphatic rings. The Balaban J connectivity index is 1.80. The maximum Gasteiger partial charge on any atom is 0.0113 e. The van der Waals surface area contributed by atoms with Gasteiger partial charge in [0.25, 0.3) is 0 Å². The van der Waals surface area contributed by atoms with Crippen molar-refractivity contribution in [2.75, 3.05) is 39.8 Å². The Morgan fingerprint density at radius 1 is 1.12 bits per heavy atom. The van der Waals surface area contributed by atoms with Crippen LogP contribution in [0.4, 0.5) is 0 Å². The van der Waals surface area contributed by atoms with Crippen LogP contribution in [0.2, 0.25) is 0 Å². The summed E-state index contributed by atoms with van der Waals surface area (Å²) in [7, 11) is 2.24. The highest BCUT2D eigenvalue weighted by Crippen LogP contribution is 2.23. The minimum atomic E-state index is 0.781. The quantitative estimate of drug-likeness (QED) is 0.777. The molecule has 2 fully saturated rings. The number of nitrogens with zero attached hydrogens (tertiary/aromatic N) is 2. The second-order valence-corrected chi connectivity index (χ2v) is 5.41. The van der Waals surface area contributed by atoms with E-state index in [9.17, 15) is 0 Å². The molecule has 0 bridgehead atoms. The van der Waals surface area contributed by atoms with E-state index in [0.717, 1.165) is 18.6 Å². The van der Waals surface area contributed by atoms with Crippen LogP contribution >= 0.6 is 0 Å². The van der Waals surface area contributed by atoms with Crippen LogP contribution in [0, 0.1) is 0 Å². The van der Waals surface area contributed by atoms with Crippen molar-refractivity contribution in [1.29, 1.82) is 0 Å². The van der Waals surface area contributed by atoms with Crippen molar-refractivity contribution in [3.63, 3.8) is 0 Å². The third kappa shape index (κ3) is 3.19. The minimum absolute atomic E-state index is 0.781. The topological polar surface area (TPSA) is 18.5 Å². The largest absolute Gasteiger partial charge is 0.314 e. The second kappa shape index (κ2) is 5.99. The lowest BCUT2D eigenvalue weighted by Crippen LogP contribution is -2.52. The molecule has 2 atom stereocenters. The van der Waals surface area contributed by atoms with Crippen molar-refractivity contribution in [2.24, 2.45) is 0 Å². The van der Waals surface area contributed by atoms with E-state index in [1.54, 1.807) is 0 Å². The molecule has 0 aromatic carbocycles. The molecule has 0 amide bonds. The first-order valence-corrected chi connectivity index (χ1v) is 6.95. The molecule has 0 spiro atoms. The SMILES string of the molecule is CCNC1CCCC(N2CCN(C)CC2)C1. The maximum absolute atomic E-state index is 3.63. The molecule has 16 heavy (non-hydrogen) atoms. The van der Waals surface area contributed by atoms with Crippen molar-refractivity contribution in [1.82, 2.24) is 15.1 Å². The fraction of sp³-hybridized carbons (Fsp3) is 1.00. The van der Waals surface area contributed by atoms with E-state index in [0.29, 0.717) is 0 Å². The molecule has 3 heteroatoms. The zero-order chi connectivity index (χ0) is 11.4. The lowest BCUT2D eigenvalue weighted by molar-refractivity contribution is 0.0830. The predicted molar refractivity (Wildman–Crippen MR) is 68.8 cm³/mol. The third-order valence-corrected chi connectivity index (χ3v) is 4.19. The number of piperazine rings is 1. The van der Waals surface area contributed by atoms with Crippen LogP contribution in [0.3, 0.4) is 0 Å². The van der Waals surface area contributed by atoms with Crippen molar-refractivity contribution in [2.45, 2.75) is 44.7 Å². The van der Waals surface area contributed by atoms with E-state index in [-0.39, 0.29) is 0 Å². The van der Waals surface area contributed by atoms with Gasteiger partial charge in [-0.3, -0.25) is 4.90 Å². The van der Waals surface area contributed by atoms with E-state index in [1.807, 2.05) is 0 Å². The molecule has 0 aromatic rings. The maximum atomic E-state index is 3.63. The molecule has 2 unspecified atom stereocenters. The summed E-state index contributed by atoms with van der Waals surface area (Å²) in [5.41, 5.74) is 0. The van der Waals surface area contributed by atoms with Crippen LogP contribution in [0.15, 0.2) is 0 Å². The van der Waals surface area contributed by atoms with E-state index >= 15 is 0 Å². The Morgan fingerprint density at radius 2 is 1.88 bits per heavy atom. The van der Waals surface area contributed by atoms with Crippen LogP contribution in [0.25, 0.3) is 0 Å². The van der Waals surface area contributed by atoms with Crippen LogP contribution in [-0.4, -0.2) is 61.7 Å². The highest BCUT2D eigenvalue weighted by atomic mass is 15.3. The number of hydrogen-bond acceptors (Lipinski definition) is 3. The molecular weight excluding hydrogens is 198 g/mol. The van der Waals surface area contributed by atoms with Gasteiger partial charge in [-0.1, -0.05) is 13.3 Å². The van der Waals surface area contributed by atoms with Gasteiger partial charge in [-0.2, -0.15) is 0 Å². The predicted octanol–water partition coefficient (Wildman–Crippen LogP) is 1.15. The Kier molecular flexibility index (Phi) is 4.62. The summed E-state index contributed by atoms with van der Waals surface area (Å²) < 4.78 is 0. The fourth-order valence-electron chi connectivity index (χ4n) is 3.16. The van der Waals surface area contributed by atoms with Gasteiger partial charge in [0.2, 0.25) is 0 Å². The highest BCUT2D eigenvalue weighted by molar-refractivity contribution is 4.85. The number of nitrogens with one attached hydrogen (secondary N) is 1. The van der Waals surface area contributed by atoms with Crippen LogP contribution in [0.5, 0.6) is 0 Å². The average Bonchev–Trinajstić information content (AvgIpc) is 2.31. The summed E-state index contributed by atoms with van der Waals surface area (Å²) in [4.78, 5) is 5.17. The van der Waals surface area contributed by atoms with Crippen LogP contribution in [0.1, 0.15) is 32.6 Å². The summed E-state index contributed by atoms with van der Waals surface area (Å²) in [6.45, 7) is 8.41. The standard InChI is InChI=1S/C13H27N3/c1-3-14-12-5-4-6-13(11-12)16-9-7-15(2)8-10-16/h12-14H,3-11H2,1-2H3. The summed E-state index contributed by atoms with van der Waals surface area (Å²) in [6, 6.07) is 1.63. The highest BCUT2D eigenvalue weighted by Gasteiger charge is 2.27. The summed E-state index contributed by atoms with van der Waals surface area (Å²) >= 11 is 0. The van der Waals surface area contributed by atoms with Gasteiger partial charge in [0.1, 0.15) is 0 Å².